The second-order valence-electron chi connectivity index (χ2n) is 8.72. The zero-order valence-electron chi connectivity index (χ0n) is 20.3. The van der Waals surface area contributed by atoms with E-state index in [1.807, 2.05) is 29.1 Å². The van der Waals surface area contributed by atoms with Crippen LogP contribution in [0.2, 0.25) is 0 Å². The Balaban J connectivity index is 1.42. The summed E-state index contributed by atoms with van der Waals surface area (Å²) in [4.78, 5) is 11.2. The lowest BCUT2D eigenvalue weighted by Gasteiger charge is -2.26. The fraction of sp³-hybridized carbons (Fsp3) is 0.333. The van der Waals surface area contributed by atoms with Crippen LogP contribution in [0.15, 0.2) is 67.0 Å². The van der Waals surface area contributed by atoms with Crippen LogP contribution in [0.5, 0.6) is 5.75 Å². The van der Waals surface area contributed by atoms with Gasteiger partial charge in [-0.3, -0.25) is 4.90 Å². The van der Waals surface area contributed by atoms with Crippen LogP contribution in [-0.2, 0) is 24.4 Å². The third kappa shape index (κ3) is 5.90. The minimum Gasteiger partial charge on any atom is -0.497 e. The summed E-state index contributed by atoms with van der Waals surface area (Å²) in [6.45, 7) is 8.09. The maximum Gasteiger partial charge on any atom is 0.186 e. The van der Waals surface area contributed by atoms with Crippen molar-refractivity contribution in [2.24, 2.45) is 0 Å². The molecule has 5 rings (SSSR count). The van der Waals surface area contributed by atoms with Crippen molar-refractivity contribution in [1.82, 2.24) is 19.7 Å². The molecule has 7 nitrogen and oxygen atoms in total. The first kappa shape index (κ1) is 23.5. The summed E-state index contributed by atoms with van der Waals surface area (Å²) in [5.74, 6) is 0.867. The largest absolute Gasteiger partial charge is 0.497 e. The van der Waals surface area contributed by atoms with Crippen LogP contribution in [0.1, 0.15) is 21.7 Å². The number of morpholine rings is 1. The highest BCUT2D eigenvalue weighted by atomic mass is 32.1. The number of thiazole rings is 1. The number of ether oxygens (including phenoxy) is 2. The van der Waals surface area contributed by atoms with Gasteiger partial charge in [0.2, 0.25) is 0 Å². The molecule has 4 aromatic rings. The number of rotatable bonds is 9. The predicted octanol–water partition coefficient (Wildman–Crippen LogP) is 4.68. The van der Waals surface area contributed by atoms with E-state index in [4.69, 9.17) is 14.5 Å². The van der Waals surface area contributed by atoms with Gasteiger partial charge in [-0.15, -0.1) is 11.3 Å². The molecule has 3 heterocycles. The van der Waals surface area contributed by atoms with E-state index in [2.05, 4.69) is 58.2 Å². The summed E-state index contributed by atoms with van der Waals surface area (Å²) < 4.78 is 12.9. The molecular weight excluding hydrogens is 458 g/mol. The number of hydrogen-bond acceptors (Lipinski definition) is 7. The van der Waals surface area contributed by atoms with Gasteiger partial charge in [0.25, 0.3) is 0 Å². The summed E-state index contributed by atoms with van der Waals surface area (Å²) in [6, 6.07) is 18.7. The molecule has 1 saturated heterocycles. The van der Waals surface area contributed by atoms with Crippen molar-refractivity contribution in [3.63, 3.8) is 0 Å². The van der Waals surface area contributed by atoms with Gasteiger partial charge in [-0.1, -0.05) is 24.3 Å². The molecule has 1 aliphatic rings. The molecule has 35 heavy (non-hydrogen) atoms. The molecule has 0 spiro atoms. The molecule has 2 aromatic carbocycles. The van der Waals surface area contributed by atoms with Crippen LogP contribution in [0.25, 0.3) is 5.69 Å². The van der Waals surface area contributed by atoms with Gasteiger partial charge in [-0.05, 0) is 48.4 Å². The van der Waals surface area contributed by atoms with Crippen LogP contribution in [-0.4, -0.2) is 53.1 Å². The summed E-state index contributed by atoms with van der Waals surface area (Å²) in [7, 11) is 1.71. The first-order chi connectivity index (χ1) is 17.2. The maximum atomic E-state index is 5.52. The lowest BCUT2D eigenvalue weighted by Crippen LogP contribution is -2.35. The average Bonchev–Trinajstić information content (AvgIpc) is 3.55. The van der Waals surface area contributed by atoms with E-state index < -0.39 is 0 Å². The van der Waals surface area contributed by atoms with E-state index in [9.17, 15) is 0 Å². The van der Waals surface area contributed by atoms with Gasteiger partial charge >= 0.3 is 0 Å². The quantitative estimate of drug-likeness (QED) is 0.340. The fourth-order valence-corrected chi connectivity index (χ4v) is 5.38. The van der Waals surface area contributed by atoms with E-state index in [1.54, 1.807) is 24.6 Å². The van der Waals surface area contributed by atoms with Crippen molar-refractivity contribution < 1.29 is 9.47 Å². The standard InChI is InChI=1S/C27H31N5O2S/c1-21-26(20-30-12-14-34-15-13-30)35-27(29-21)31(19-23-7-4-9-25(17-23)33-2)18-22-6-3-8-24(16-22)32-11-5-10-28-32/h3-11,16-17H,12-15,18-20H2,1-2H3. The van der Waals surface area contributed by atoms with E-state index in [1.165, 1.54) is 16.0 Å². The van der Waals surface area contributed by atoms with E-state index >= 15 is 0 Å². The van der Waals surface area contributed by atoms with Crippen molar-refractivity contribution in [2.75, 3.05) is 38.3 Å². The van der Waals surface area contributed by atoms with Crippen molar-refractivity contribution >= 4 is 16.5 Å². The molecule has 0 radical (unpaired) electrons. The van der Waals surface area contributed by atoms with Gasteiger partial charge in [0.1, 0.15) is 5.75 Å². The predicted molar refractivity (Wildman–Crippen MR) is 139 cm³/mol. The van der Waals surface area contributed by atoms with Crippen LogP contribution in [0.4, 0.5) is 5.13 Å². The van der Waals surface area contributed by atoms with Crippen molar-refractivity contribution in [3.8, 4) is 11.4 Å². The Labute approximate surface area is 210 Å². The first-order valence-electron chi connectivity index (χ1n) is 11.9. The Morgan fingerprint density at radius 3 is 2.54 bits per heavy atom. The molecule has 1 aliphatic heterocycles. The lowest BCUT2D eigenvalue weighted by atomic mass is 10.1. The third-order valence-electron chi connectivity index (χ3n) is 6.18. The molecule has 2 aromatic heterocycles. The molecule has 0 aliphatic carbocycles. The third-order valence-corrected chi connectivity index (χ3v) is 7.39. The second-order valence-corrected chi connectivity index (χ2v) is 9.78. The number of anilines is 1. The van der Waals surface area contributed by atoms with Crippen LogP contribution < -0.4 is 9.64 Å². The second kappa shape index (κ2) is 11.0. The highest BCUT2D eigenvalue weighted by Gasteiger charge is 2.19. The minimum absolute atomic E-state index is 0.743. The number of benzene rings is 2. The number of methoxy groups -OCH3 is 1. The average molecular weight is 490 g/mol. The molecule has 0 N–H and O–H groups in total. The van der Waals surface area contributed by atoms with Gasteiger partial charge in [-0.2, -0.15) is 5.10 Å². The molecule has 0 saturated carbocycles. The van der Waals surface area contributed by atoms with Gasteiger partial charge in [-0.25, -0.2) is 9.67 Å². The summed E-state index contributed by atoms with van der Waals surface area (Å²) in [5, 5.41) is 5.43. The molecule has 0 atom stereocenters. The zero-order valence-corrected chi connectivity index (χ0v) is 21.1. The van der Waals surface area contributed by atoms with E-state index in [0.717, 1.165) is 68.2 Å². The fourth-order valence-electron chi connectivity index (χ4n) is 4.28. The topological polar surface area (TPSA) is 55.7 Å². The molecule has 0 bridgehead atoms. The van der Waals surface area contributed by atoms with Crippen LogP contribution >= 0.6 is 11.3 Å². The Bertz CT molecular complexity index is 1230. The molecule has 182 valence electrons. The number of nitrogens with zero attached hydrogens (tertiary/aromatic N) is 5. The SMILES string of the molecule is COc1cccc(CN(Cc2cccc(-n3cccn3)c2)c2nc(C)c(CN3CCOCC3)s2)c1. The molecular formula is C27H31N5O2S. The smallest absolute Gasteiger partial charge is 0.186 e. The minimum atomic E-state index is 0.743. The summed E-state index contributed by atoms with van der Waals surface area (Å²) >= 11 is 1.80. The number of hydrogen-bond donors (Lipinski definition) is 0. The monoisotopic (exact) mass is 489 g/mol. The molecule has 0 amide bonds. The Kier molecular flexibility index (Phi) is 7.42. The van der Waals surface area contributed by atoms with Crippen molar-refractivity contribution in [1.29, 1.82) is 0 Å². The van der Waals surface area contributed by atoms with Crippen molar-refractivity contribution in [2.45, 2.75) is 26.6 Å². The van der Waals surface area contributed by atoms with Gasteiger partial charge < -0.3 is 14.4 Å². The van der Waals surface area contributed by atoms with E-state index in [0.29, 0.717) is 0 Å². The highest BCUT2D eigenvalue weighted by Crippen LogP contribution is 2.30. The highest BCUT2D eigenvalue weighted by molar-refractivity contribution is 7.15. The Hall–Kier alpha value is -3.20. The number of aryl methyl sites for hydroxylation is 1. The normalized spacial score (nSPS) is 14.2. The zero-order chi connectivity index (χ0) is 24.0. The Morgan fingerprint density at radius 2 is 1.80 bits per heavy atom. The van der Waals surface area contributed by atoms with Gasteiger partial charge in [0, 0.05) is 50.0 Å². The molecule has 1 fully saturated rings. The van der Waals surface area contributed by atoms with Crippen LogP contribution in [0, 0.1) is 6.92 Å². The lowest BCUT2D eigenvalue weighted by molar-refractivity contribution is 0.0345. The van der Waals surface area contributed by atoms with E-state index in [-0.39, 0.29) is 0 Å². The van der Waals surface area contributed by atoms with Gasteiger partial charge in [0.05, 0.1) is 31.7 Å². The van der Waals surface area contributed by atoms with Gasteiger partial charge in [0.15, 0.2) is 5.13 Å². The summed E-state index contributed by atoms with van der Waals surface area (Å²) in [6.07, 6.45) is 3.77. The van der Waals surface area contributed by atoms with Crippen molar-refractivity contribution in [3.05, 3.63) is 88.7 Å². The molecule has 8 heteroatoms. The maximum absolute atomic E-state index is 5.52. The van der Waals surface area contributed by atoms with Crippen LogP contribution in [0.3, 0.4) is 0 Å². The summed E-state index contributed by atoms with van der Waals surface area (Å²) in [5.41, 5.74) is 4.56. The molecule has 0 unspecified atom stereocenters. The Morgan fingerprint density at radius 1 is 1.03 bits per heavy atom. The first-order valence-corrected chi connectivity index (χ1v) is 12.7. The number of aromatic nitrogens is 3.